The zero-order chi connectivity index (χ0) is 14.8. The highest BCUT2D eigenvalue weighted by atomic mass is 35.5. The SMILES string of the molecule is N/C(=N/O)c1ccnc(N2CCN(CC3CC3)CC2)c1Cl. The molecule has 1 aromatic rings. The van der Waals surface area contributed by atoms with Gasteiger partial charge in [-0.3, -0.25) is 4.90 Å². The molecule has 1 saturated carbocycles. The number of rotatable bonds is 4. The van der Waals surface area contributed by atoms with Crippen molar-refractivity contribution in [2.24, 2.45) is 16.8 Å². The Balaban J connectivity index is 1.69. The van der Waals surface area contributed by atoms with Gasteiger partial charge in [0.1, 0.15) is 5.82 Å². The number of halogens is 1. The van der Waals surface area contributed by atoms with E-state index in [0.29, 0.717) is 16.4 Å². The number of hydrogen-bond donors (Lipinski definition) is 2. The summed E-state index contributed by atoms with van der Waals surface area (Å²) in [6, 6.07) is 1.66. The fourth-order valence-corrected chi connectivity index (χ4v) is 3.04. The summed E-state index contributed by atoms with van der Waals surface area (Å²) in [5.41, 5.74) is 6.16. The average Bonchev–Trinajstić information content (AvgIpc) is 3.32. The van der Waals surface area contributed by atoms with Gasteiger partial charge in [-0.15, -0.1) is 0 Å². The summed E-state index contributed by atoms with van der Waals surface area (Å²) in [5, 5.41) is 12.3. The summed E-state index contributed by atoms with van der Waals surface area (Å²) in [5.74, 6) is 1.64. The highest BCUT2D eigenvalue weighted by molar-refractivity contribution is 6.36. The van der Waals surface area contributed by atoms with Gasteiger partial charge in [-0.1, -0.05) is 16.8 Å². The van der Waals surface area contributed by atoms with E-state index in [4.69, 9.17) is 22.5 Å². The monoisotopic (exact) mass is 309 g/mol. The Labute approximate surface area is 129 Å². The summed E-state index contributed by atoms with van der Waals surface area (Å²) in [6.45, 7) is 5.09. The van der Waals surface area contributed by atoms with Crippen LogP contribution >= 0.6 is 11.6 Å². The Morgan fingerprint density at radius 1 is 1.38 bits per heavy atom. The molecule has 114 valence electrons. The van der Waals surface area contributed by atoms with Crippen molar-refractivity contribution in [3.05, 3.63) is 22.8 Å². The van der Waals surface area contributed by atoms with E-state index in [1.807, 2.05) is 0 Å². The van der Waals surface area contributed by atoms with Crippen LogP contribution in [0.2, 0.25) is 5.02 Å². The molecule has 0 radical (unpaired) electrons. The minimum atomic E-state index is 0.0102. The first kappa shape index (κ1) is 14.4. The average molecular weight is 310 g/mol. The summed E-state index contributed by atoms with van der Waals surface area (Å²) < 4.78 is 0. The van der Waals surface area contributed by atoms with E-state index in [0.717, 1.165) is 32.1 Å². The fraction of sp³-hybridized carbons (Fsp3) is 0.571. The van der Waals surface area contributed by atoms with Crippen molar-refractivity contribution in [1.29, 1.82) is 0 Å². The maximum Gasteiger partial charge on any atom is 0.171 e. The fourth-order valence-electron chi connectivity index (χ4n) is 2.71. The summed E-state index contributed by atoms with van der Waals surface area (Å²) in [7, 11) is 0. The van der Waals surface area contributed by atoms with Gasteiger partial charge in [0.2, 0.25) is 0 Å². The zero-order valence-electron chi connectivity index (χ0n) is 11.9. The van der Waals surface area contributed by atoms with Gasteiger partial charge in [0, 0.05) is 44.5 Å². The maximum atomic E-state index is 8.80. The third kappa shape index (κ3) is 3.22. The second kappa shape index (κ2) is 6.07. The van der Waals surface area contributed by atoms with Crippen LogP contribution in [0, 0.1) is 5.92 Å². The normalized spacial score (nSPS) is 20.8. The van der Waals surface area contributed by atoms with E-state index in [9.17, 15) is 0 Å². The zero-order valence-corrected chi connectivity index (χ0v) is 12.6. The van der Waals surface area contributed by atoms with Crippen LogP contribution in [0.15, 0.2) is 17.4 Å². The van der Waals surface area contributed by atoms with Gasteiger partial charge in [-0.25, -0.2) is 4.98 Å². The third-order valence-electron chi connectivity index (χ3n) is 4.14. The molecule has 1 aliphatic carbocycles. The first-order valence-electron chi connectivity index (χ1n) is 7.28. The Morgan fingerprint density at radius 3 is 2.71 bits per heavy atom. The Hall–Kier alpha value is -1.53. The molecule has 3 N–H and O–H groups in total. The molecule has 0 aromatic carbocycles. The smallest absolute Gasteiger partial charge is 0.171 e. The van der Waals surface area contributed by atoms with Crippen molar-refractivity contribution < 1.29 is 5.21 Å². The molecule has 21 heavy (non-hydrogen) atoms. The number of oxime groups is 1. The van der Waals surface area contributed by atoms with Crippen LogP contribution in [0.1, 0.15) is 18.4 Å². The summed E-state index contributed by atoms with van der Waals surface area (Å²) in [6.07, 6.45) is 4.41. The lowest BCUT2D eigenvalue weighted by Gasteiger charge is -2.36. The number of hydrogen-bond acceptors (Lipinski definition) is 5. The van der Waals surface area contributed by atoms with E-state index >= 15 is 0 Å². The molecule has 0 bridgehead atoms. The summed E-state index contributed by atoms with van der Waals surface area (Å²) >= 11 is 6.36. The number of anilines is 1. The van der Waals surface area contributed by atoms with Crippen molar-refractivity contribution in [3.8, 4) is 0 Å². The van der Waals surface area contributed by atoms with E-state index in [2.05, 4.69) is 19.9 Å². The molecule has 3 rings (SSSR count). The number of aromatic nitrogens is 1. The van der Waals surface area contributed by atoms with Gasteiger partial charge in [0.15, 0.2) is 5.84 Å². The second-order valence-electron chi connectivity index (χ2n) is 5.71. The largest absolute Gasteiger partial charge is 0.409 e. The van der Waals surface area contributed by atoms with Gasteiger partial charge < -0.3 is 15.8 Å². The predicted octanol–water partition coefficient (Wildman–Crippen LogP) is 1.36. The van der Waals surface area contributed by atoms with Crippen molar-refractivity contribution in [3.63, 3.8) is 0 Å². The van der Waals surface area contributed by atoms with Gasteiger partial charge in [0.25, 0.3) is 0 Å². The quantitative estimate of drug-likeness (QED) is 0.380. The highest BCUT2D eigenvalue weighted by Crippen LogP contribution is 2.31. The van der Waals surface area contributed by atoms with Crippen LogP contribution in [0.5, 0.6) is 0 Å². The van der Waals surface area contributed by atoms with Crippen LogP contribution in [-0.4, -0.2) is 53.7 Å². The van der Waals surface area contributed by atoms with Crippen LogP contribution in [0.3, 0.4) is 0 Å². The molecule has 1 aliphatic heterocycles. The molecule has 0 atom stereocenters. The van der Waals surface area contributed by atoms with Gasteiger partial charge in [0.05, 0.1) is 5.02 Å². The maximum absolute atomic E-state index is 8.80. The Kier molecular flexibility index (Phi) is 4.17. The molecule has 1 saturated heterocycles. The molecule has 7 heteroatoms. The van der Waals surface area contributed by atoms with Crippen molar-refractivity contribution in [2.75, 3.05) is 37.6 Å². The molecule has 2 aliphatic rings. The molecular weight excluding hydrogens is 290 g/mol. The molecular formula is C14H20ClN5O. The third-order valence-corrected chi connectivity index (χ3v) is 4.51. The number of nitrogens with two attached hydrogens (primary N) is 1. The van der Waals surface area contributed by atoms with Crippen LogP contribution in [0.25, 0.3) is 0 Å². The minimum absolute atomic E-state index is 0.0102. The Bertz CT molecular complexity index is 538. The van der Waals surface area contributed by atoms with Crippen LogP contribution < -0.4 is 10.6 Å². The van der Waals surface area contributed by atoms with E-state index < -0.39 is 0 Å². The predicted molar refractivity (Wildman–Crippen MR) is 83.1 cm³/mol. The lowest BCUT2D eigenvalue weighted by atomic mass is 10.2. The van der Waals surface area contributed by atoms with Crippen molar-refractivity contribution in [1.82, 2.24) is 9.88 Å². The topological polar surface area (TPSA) is 78.0 Å². The number of piperazine rings is 1. The lowest BCUT2D eigenvalue weighted by molar-refractivity contribution is 0.247. The van der Waals surface area contributed by atoms with Crippen LogP contribution in [-0.2, 0) is 0 Å². The molecule has 0 unspecified atom stereocenters. The van der Waals surface area contributed by atoms with Crippen molar-refractivity contribution >= 4 is 23.3 Å². The number of pyridine rings is 1. The van der Waals surface area contributed by atoms with Crippen molar-refractivity contribution in [2.45, 2.75) is 12.8 Å². The summed E-state index contributed by atoms with van der Waals surface area (Å²) in [4.78, 5) is 9.04. The van der Waals surface area contributed by atoms with E-state index in [1.54, 1.807) is 12.3 Å². The van der Waals surface area contributed by atoms with Gasteiger partial charge in [-0.05, 0) is 24.8 Å². The Morgan fingerprint density at radius 2 is 2.10 bits per heavy atom. The van der Waals surface area contributed by atoms with E-state index in [1.165, 1.54) is 19.4 Å². The molecule has 0 spiro atoms. The second-order valence-corrected chi connectivity index (χ2v) is 6.09. The lowest BCUT2D eigenvalue weighted by Crippen LogP contribution is -2.47. The van der Waals surface area contributed by atoms with Gasteiger partial charge in [-0.2, -0.15) is 0 Å². The van der Waals surface area contributed by atoms with Crippen LogP contribution in [0.4, 0.5) is 5.82 Å². The first-order valence-corrected chi connectivity index (χ1v) is 7.66. The molecule has 1 aromatic heterocycles. The highest BCUT2D eigenvalue weighted by Gasteiger charge is 2.27. The molecule has 2 heterocycles. The van der Waals surface area contributed by atoms with E-state index in [-0.39, 0.29) is 5.84 Å². The first-order chi connectivity index (χ1) is 10.2. The molecule has 0 amide bonds. The minimum Gasteiger partial charge on any atom is -0.409 e. The standard InChI is InChI=1S/C14H20ClN5O/c15-12-11(13(16)18-21)3-4-17-14(12)20-7-5-19(6-8-20)9-10-1-2-10/h3-4,10,21H,1-2,5-9H2,(H2,16,18). The number of nitrogens with zero attached hydrogens (tertiary/aromatic N) is 4. The molecule has 2 fully saturated rings. The number of amidine groups is 1. The van der Waals surface area contributed by atoms with Gasteiger partial charge >= 0.3 is 0 Å². The molecule has 6 nitrogen and oxygen atoms in total.